The Balaban J connectivity index is 2.82. The molecule has 1 heterocycles. The first kappa shape index (κ1) is 14.7. The highest BCUT2D eigenvalue weighted by Crippen LogP contribution is 2.23. The monoisotopic (exact) mass is 267 g/mol. The lowest BCUT2D eigenvalue weighted by molar-refractivity contribution is -0.384. The van der Waals surface area contributed by atoms with Crippen molar-refractivity contribution in [2.24, 2.45) is 5.73 Å². The minimum atomic E-state index is -0.525. The lowest BCUT2D eigenvalue weighted by Gasteiger charge is -2.08. The number of pyridine rings is 1. The van der Waals surface area contributed by atoms with Crippen LogP contribution in [-0.2, 0) is 4.79 Å². The molecule has 8 nitrogen and oxygen atoms in total. The molecule has 1 amide bonds. The molecular formula is C11H17N5O3. The van der Waals surface area contributed by atoms with Gasteiger partial charge in [0.25, 0.3) is 0 Å². The number of aromatic nitrogens is 1. The Kier molecular flexibility index (Phi) is 5.52. The van der Waals surface area contributed by atoms with E-state index in [4.69, 9.17) is 5.73 Å². The van der Waals surface area contributed by atoms with Gasteiger partial charge in [-0.15, -0.1) is 0 Å². The van der Waals surface area contributed by atoms with Gasteiger partial charge in [-0.1, -0.05) is 6.92 Å². The molecular weight excluding hydrogens is 250 g/mol. The fraction of sp³-hybridized carbons (Fsp3) is 0.455. The number of carbonyl (C=O) groups is 1. The fourth-order valence-corrected chi connectivity index (χ4v) is 1.38. The van der Waals surface area contributed by atoms with E-state index in [1.165, 1.54) is 6.07 Å². The number of nitrogens with one attached hydrogen (secondary N) is 2. The van der Waals surface area contributed by atoms with Crippen molar-refractivity contribution >= 4 is 23.2 Å². The highest BCUT2D eigenvalue weighted by Gasteiger charge is 2.15. The molecule has 0 atom stereocenters. The largest absolute Gasteiger partial charge is 0.370 e. The number of carbonyl (C=O) groups excluding carboxylic acids is 1. The van der Waals surface area contributed by atoms with Crippen LogP contribution < -0.4 is 16.4 Å². The van der Waals surface area contributed by atoms with Crippen molar-refractivity contribution in [3.63, 3.8) is 0 Å². The Morgan fingerprint density at radius 2 is 2.16 bits per heavy atom. The van der Waals surface area contributed by atoms with Crippen LogP contribution in [0.25, 0.3) is 0 Å². The molecule has 1 aromatic rings. The Hall–Kier alpha value is -2.38. The van der Waals surface area contributed by atoms with E-state index in [2.05, 4.69) is 15.6 Å². The first-order chi connectivity index (χ1) is 9.04. The summed E-state index contributed by atoms with van der Waals surface area (Å²) in [4.78, 5) is 25.1. The molecule has 104 valence electrons. The topological polar surface area (TPSA) is 123 Å². The van der Waals surface area contributed by atoms with E-state index in [-0.39, 0.29) is 24.5 Å². The molecule has 0 aliphatic carbocycles. The van der Waals surface area contributed by atoms with E-state index >= 15 is 0 Å². The van der Waals surface area contributed by atoms with Crippen LogP contribution in [0.1, 0.15) is 19.8 Å². The number of hydrogen-bond donors (Lipinski definition) is 3. The van der Waals surface area contributed by atoms with Gasteiger partial charge in [0.1, 0.15) is 5.82 Å². The van der Waals surface area contributed by atoms with E-state index in [1.54, 1.807) is 6.07 Å². The highest BCUT2D eigenvalue weighted by atomic mass is 16.6. The van der Waals surface area contributed by atoms with E-state index in [1.807, 2.05) is 6.92 Å². The summed E-state index contributed by atoms with van der Waals surface area (Å²) in [6.07, 6.45) is 1.01. The second-order valence-corrected chi connectivity index (χ2v) is 3.89. The first-order valence-electron chi connectivity index (χ1n) is 5.96. The number of primary amides is 1. The summed E-state index contributed by atoms with van der Waals surface area (Å²) in [6, 6.07) is 2.92. The number of nitrogens with two attached hydrogens (primary N) is 1. The van der Waals surface area contributed by atoms with E-state index in [0.717, 1.165) is 13.0 Å². The van der Waals surface area contributed by atoms with Gasteiger partial charge in [0.2, 0.25) is 11.7 Å². The molecule has 8 heteroatoms. The zero-order valence-corrected chi connectivity index (χ0v) is 10.7. The SMILES string of the molecule is CCCNc1ccc([N+](=O)[O-])c(NCCC(N)=O)n1. The number of hydrogen-bond acceptors (Lipinski definition) is 6. The Morgan fingerprint density at radius 1 is 1.42 bits per heavy atom. The van der Waals surface area contributed by atoms with Gasteiger partial charge in [-0.2, -0.15) is 0 Å². The fourth-order valence-electron chi connectivity index (χ4n) is 1.38. The van der Waals surface area contributed by atoms with Gasteiger partial charge >= 0.3 is 5.69 Å². The molecule has 0 aliphatic rings. The molecule has 0 aliphatic heterocycles. The quantitative estimate of drug-likeness (QED) is 0.478. The summed E-state index contributed by atoms with van der Waals surface area (Å²) < 4.78 is 0. The summed E-state index contributed by atoms with van der Waals surface area (Å²) in [5, 5.41) is 16.6. The number of anilines is 2. The average molecular weight is 267 g/mol. The van der Waals surface area contributed by atoms with Crippen molar-refractivity contribution in [2.45, 2.75) is 19.8 Å². The maximum Gasteiger partial charge on any atom is 0.311 e. The highest BCUT2D eigenvalue weighted by molar-refractivity contribution is 5.74. The van der Waals surface area contributed by atoms with Crippen molar-refractivity contribution in [1.29, 1.82) is 0 Å². The maximum absolute atomic E-state index is 10.9. The molecule has 0 spiro atoms. The van der Waals surface area contributed by atoms with Crippen LogP contribution in [0.3, 0.4) is 0 Å². The van der Waals surface area contributed by atoms with Gasteiger partial charge in [-0.05, 0) is 12.5 Å². The molecule has 0 aromatic carbocycles. The zero-order chi connectivity index (χ0) is 14.3. The van der Waals surface area contributed by atoms with Gasteiger partial charge < -0.3 is 16.4 Å². The van der Waals surface area contributed by atoms with Crippen LogP contribution in [0.15, 0.2) is 12.1 Å². The van der Waals surface area contributed by atoms with Crippen LogP contribution in [0.2, 0.25) is 0 Å². The molecule has 0 radical (unpaired) electrons. The maximum atomic E-state index is 10.9. The van der Waals surface area contributed by atoms with Crippen molar-refractivity contribution in [1.82, 2.24) is 4.98 Å². The lowest BCUT2D eigenvalue weighted by Crippen LogP contribution is -2.17. The van der Waals surface area contributed by atoms with Crippen LogP contribution >= 0.6 is 0 Å². The summed E-state index contributed by atoms with van der Waals surface area (Å²) in [7, 11) is 0. The normalized spacial score (nSPS) is 9.95. The smallest absolute Gasteiger partial charge is 0.311 e. The van der Waals surface area contributed by atoms with E-state index in [0.29, 0.717) is 5.82 Å². The summed E-state index contributed by atoms with van der Waals surface area (Å²) in [6.45, 7) is 2.94. The van der Waals surface area contributed by atoms with Gasteiger partial charge in [-0.3, -0.25) is 14.9 Å². The van der Waals surface area contributed by atoms with Crippen molar-refractivity contribution in [3.05, 3.63) is 22.2 Å². The Morgan fingerprint density at radius 3 is 2.74 bits per heavy atom. The average Bonchev–Trinajstić information content (AvgIpc) is 2.35. The molecule has 1 aromatic heterocycles. The number of nitrogens with zero attached hydrogens (tertiary/aromatic N) is 2. The second-order valence-electron chi connectivity index (χ2n) is 3.89. The molecule has 4 N–H and O–H groups in total. The third kappa shape index (κ3) is 4.78. The van der Waals surface area contributed by atoms with Gasteiger partial charge in [0, 0.05) is 25.6 Å². The Labute approximate surface area is 110 Å². The van der Waals surface area contributed by atoms with Crippen molar-refractivity contribution in [2.75, 3.05) is 23.7 Å². The zero-order valence-electron chi connectivity index (χ0n) is 10.7. The molecule has 1 rings (SSSR count). The molecule has 0 bridgehead atoms. The minimum Gasteiger partial charge on any atom is -0.370 e. The van der Waals surface area contributed by atoms with Crippen molar-refractivity contribution in [3.8, 4) is 0 Å². The van der Waals surface area contributed by atoms with E-state index in [9.17, 15) is 14.9 Å². The molecule has 19 heavy (non-hydrogen) atoms. The van der Waals surface area contributed by atoms with E-state index < -0.39 is 10.8 Å². The summed E-state index contributed by atoms with van der Waals surface area (Å²) in [5.41, 5.74) is 4.87. The summed E-state index contributed by atoms with van der Waals surface area (Å²) >= 11 is 0. The predicted molar refractivity (Wildman–Crippen MR) is 72.0 cm³/mol. The van der Waals surface area contributed by atoms with Crippen LogP contribution in [0, 0.1) is 10.1 Å². The number of nitro groups is 1. The van der Waals surface area contributed by atoms with Crippen molar-refractivity contribution < 1.29 is 9.72 Å². The molecule has 0 saturated heterocycles. The first-order valence-corrected chi connectivity index (χ1v) is 5.96. The standard InChI is InChI=1S/C11H17N5O3/c1-2-6-13-10-4-3-8(16(18)19)11(15-10)14-7-5-9(12)17/h3-4H,2,5-7H2,1H3,(H2,12,17)(H2,13,14,15). The third-order valence-corrected chi connectivity index (χ3v) is 2.29. The van der Waals surface area contributed by atoms with Gasteiger partial charge in [0.05, 0.1) is 4.92 Å². The molecule has 0 fully saturated rings. The second kappa shape index (κ2) is 7.14. The van der Waals surface area contributed by atoms with Gasteiger partial charge in [0.15, 0.2) is 0 Å². The molecule has 0 saturated carbocycles. The van der Waals surface area contributed by atoms with Gasteiger partial charge in [-0.25, -0.2) is 4.98 Å². The minimum absolute atomic E-state index is 0.0887. The lowest BCUT2D eigenvalue weighted by atomic mass is 10.3. The number of rotatable bonds is 8. The van der Waals surface area contributed by atoms with Crippen LogP contribution in [0.5, 0.6) is 0 Å². The van der Waals surface area contributed by atoms with Crippen LogP contribution in [-0.4, -0.2) is 28.9 Å². The van der Waals surface area contributed by atoms with Crippen LogP contribution in [0.4, 0.5) is 17.3 Å². The Bertz CT molecular complexity index is 464. The molecule has 0 unspecified atom stereocenters. The number of amides is 1. The predicted octanol–water partition coefficient (Wildman–Crippen LogP) is 1.10. The third-order valence-electron chi connectivity index (χ3n) is 2.29. The summed E-state index contributed by atoms with van der Waals surface area (Å²) in [5.74, 6) is 0.205.